The topological polar surface area (TPSA) is 113 Å². The molecule has 8 heteroatoms. The Bertz CT molecular complexity index is 1170. The van der Waals surface area contributed by atoms with Gasteiger partial charge in [0.15, 0.2) is 5.78 Å². The highest BCUT2D eigenvalue weighted by molar-refractivity contribution is 6.01. The van der Waals surface area contributed by atoms with Gasteiger partial charge in [0, 0.05) is 35.6 Å². The van der Waals surface area contributed by atoms with Crippen molar-refractivity contribution >= 4 is 17.6 Å². The third kappa shape index (κ3) is 2.60. The van der Waals surface area contributed by atoms with E-state index < -0.39 is 5.97 Å². The second-order valence-corrected chi connectivity index (χ2v) is 7.28. The summed E-state index contributed by atoms with van der Waals surface area (Å²) < 4.78 is 1.63. The summed E-state index contributed by atoms with van der Waals surface area (Å²) in [6, 6.07) is 6.76. The summed E-state index contributed by atoms with van der Waals surface area (Å²) in [6.45, 7) is 1.87. The van der Waals surface area contributed by atoms with Crippen molar-refractivity contribution in [2.24, 2.45) is 0 Å². The van der Waals surface area contributed by atoms with Crippen molar-refractivity contribution in [3.63, 3.8) is 0 Å². The number of benzene rings is 1. The second kappa shape index (κ2) is 6.44. The van der Waals surface area contributed by atoms with Crippen LogP contribution in [0.15, 0.2) is 47.9 Å². The molecule has 2 aliphatic rings. The van der Waals surface area contributed by atoms with Crippen molar-refractivity contribution in [1.29, 1.82) is 0 Å². The molecule has 1 aliphatic carbocycles. The third-order valence-electron chi connectivity index (χ3n) is 5.56. The Labute approximate surface area is 166 Å². The lowest BCUT2D eigenvalue weighted by Gasteiger charge is -2.31. The van der Waals surface area contributed by atoms with E-state index in [0.717, 1.165) is 35.4 Å². The number of H-pyrrole nitrogens is 1. The van der Waals surface area contributed by atoms with E-state index in [4.69, 9.17) is 0 Å². The average Bonchev–Trinajstić information content (AvgIpc) is 3.35. The number of allylic oxidation sites excluding steroid dienone is 2. The van der Waals surface area contributed by atoms with Crippen LogP contribution < -0.4 is 5.32 Å². The minimum absolute atomic E-state index is 0.115. The zero-order valence-electron chi connectivity index (χ0n) is 15.8. The van der Waals surface area contributed by atoms with Gasteiger partial charge >= 0.3 is 5.97 Å². The van der Waals surface area contributed by atoms with E-state index in [-0.39, 0.29) is 17.3 Å². The number of para-hydroxylation sites is 1. The van der Waals surface area contributed by atoms with Crippen LogP contribution in [0.4, 0.5) is 5.82 Å². The number of aryl methyl sites for hydroxylation is 1. The zero-order chi connectivity index (χ0) is 20.1. The van der Waals surface area contributed by atoms with Crippen molar-refractivity contribution in [3.05, 3.63) is 70.6 Å². The number of anilines is 1. The fraction of sp³-hybridized carbons (Fsp3) is 0.238. The number of hydrogen-bond donors (Lipinski definition) is 3. The predicted octanol–water partition coefficient (Wildman–Crippen LogP) is 3.17. The molecule has 0 saturated carbocycles. The number of aromatic nitrogens is 4. The number of aromatic amines is 1. The van der Waals surface area contributed by atoms with Gasteiger partial charge in [-0.15, -0.1) is 0 Å². The maximum atomic E-state index is 12.8. The molecule has 8 nitrogen and oxygen atoms in total. The van der Waals surface area contributed by atoms with Crippen LogP contribution in [-0.4, -0.2) is 36.6 Å². The Balaban J connectivity index is 1.77. The highest BCUT2D eigenvalue weighted by Gasteiger charge is 2.40. The molecule has 1 aliphatic heterocycles. The van der Waals surface area contributed by atoms with Crippen molar-refractivity contribution in [1.82, 2.24) is 19.7 Å². The molecule has 0 bridgehead atoms. The summed E-state index contributed by atoms with van der Waals surface area (Å²) in [5.74, 6) is 0.114. The summed E-state index contributed by atoms with van der Waals surface area (Å²) in [5, 5.41) is 17.7. The summed E-state index contributed by atoms with van der Waals surface area (Å²) in [6.07, 6.45) is 5.46. The van der Waals surface area contributed by atoms with Crippen molar-refractivity contribution in [2.75, 3.05) is 5.32 Å². The zero-order valence-corrected chi connectivity index (χ0v) is 15.8. The number of aromatic carboxylic acids is 1. The van der Waals surface area contributed by atoms with E-state index in [1.165, 1.54) is 0 Å². The largest absolute Gasteiger partial charge is 0.478 e. The molecule has 3 N–H and O–H groups in total. The fourth-order valence-corrected chi connectivity index (χ4v) is 4.34. The van der Waals surface area contributed by atoms with Gasteiger partial charge in [0.05, 0.1) is 22.9 Å². The number of carbonyl (C=O) groups excluding carboxylic acids is 1. The molecule has 1 atom stereocenters. The summed E-state index contributed by atoms with van der Waals surface area (Å²) in [4.78, 5) is 32.2. The number of carboxylic acid groups (broad SMARTS) is 1. The van der Waals surface area contributed by atoms with Gasteiger partial charge in [0.2, 0.25) is 0 Å². The smallest absolute Gasteiger partial charge is 0.337 e. The van der Waals surface area contributed by atoms with Crippen LogP contribution in [0.5, 0.6) is 0 Å². The van der Waals surface area contributed by atoms with Gasteiger partial charge in [-0.2, -0.15) is 5.10 Å². The molecule has 3 aromatic rings. The van der Waals surface area contributed by atoms with Crippen molar-refractivity contribution < 1.29 is 14.7 Å². The first kappa shape index (κ1) is 17.4. The van der Waals surface area contributed by atoms with Crippen LogP contribution in [0.25, 0.3) is 5.69 Å². The number of nitrogens with one attached hydrogen (secondary N) is 2. The lowest BCUT2D eigenvalue weighted by atomic mass is 9.79. The minimum Gasteiger partial charge on any atom is -0.478 e. The lowest BCUT2D eigenvalue weighted by molar-refractivity contribution is -0.116. The Morgan fingerprint density at radius 1 is 1.28 bits per heavy atom. The van der Waals surface area contributed by atoms with Gasteiger partial charge in [0.25, 0.3) is 0 Å². The Morgan fingerprint density at radius 2 is 2.10 bits per heavy atom. The van der Waals surface area contributed by atoms with E-state index in [1.54, 1.807) is 41.3 Å². The monoisotopic (exact) mass is 389 g/mol. The predicted molar refractivity (Wildman–Crippen MR) is 105 cm³/mol. The van der Waals surface area contributed by atoms with Crippen LogP contribution in [0.1, 0.15) is 52.6 Å². The number of fused-ring (bicyclic) bond motifs is 1. The number of ketones is 1. The molecule has 0 unspecified atom stereocenters. The lowest BCUT2D eigenvalue weighted by Crippen LogP contribution is -2.28. The van der Waals surface area contributed by atoms with Gasteiger partial charge in [-0.25, -0.2) is 14.5 Å². The molecular formula is C21H19N5O3. The van der Waals surface area contributed by atoms with Gasteiger partial charge in [-0.1, -0.05) is 12.1 Å². The molecule has 5 rings (SSSR count). The van der Waals surface area contributed by atoms with Crippen LogP contribution >= 0.6 is 0 Å². The molecule has 0 saturated heterocycles. The highest BCUT2D eigenvalue weighted by atomic mass is 16.4. The van der Waals surface area contributed by atoms with Crippen molar-refractivity contribution in [2.45, 2.75) is 32.1 Å². The number of hydrogen-bond acceptors (Lipinski definition) is 5. The molecule has 3 heterocycles. The van der Waals surface area contributed by atoms with Crippen LogP contribution in [0.3, 0.4) is 0 Å². The van der Waals surface area contributed by atoms with E-state index >= 15 is 0 Å². The third-order valence-corrected chi connectivity index (χ3v) is 5.56. The number of rotatable bonds is 3. The van der Waals surface area contributed by atoms with E-state index in [2.05, 4.69) is 20.4 Å². The maximum Gasteiger partial charge on any atom is 0.337 e. The van der Waals surface area contributed by atoms with Gasteiger partial charge < -0.3 is 15.4 Å². The first-order valence-corrected chi connectivity index (χ1v) is 9.51. The quantitative estimate of drug-likeness (QED) is 0.634. The number of nitrogens with zero attached hydrogens (tertiary/aromatic N) is 3. The van der Waals surface area contributed by atoms with Gasteiger partial charge in [-0.05, 0) is 31.9 Å². The Morgan fingerprint density at radius 3 is 2.86 bits per heavy atom. The summed E-state index contributed by atoms with van der Waals surface area (Å²) >= 11 is 0. The van der Waals surface area contributed by atoms with Crippen LogP contribution in [0.2, 0.25) is 0 Å². The molecule has 0 fully saturated rings. The molecule has 146 valence electrons. The highest BCUT2D eigenvalue weighted by Crippen LogP contribution is 2.46. The molecule has 0 amide bonds. The molecule has 29 heavy (non-hydrogen) atoms. The normalized spacial score (nSPS) is 18.2. The van der Waals surface area contributed by atoms with Crippen LogP contribution in [0, 0.1) is 6.92 Å². The first-order valence-electron chi connectivity index (χ1n) is 9.51. The maximum absolute atomic E-state index is 12.8. The summed E-state index contributed by atoms with van der Waals surface area (Å²) in [5.41, 5.74) is 3.79. The molecular weight excluding hydrogens is 370 g/mol. The average molecular weight is 389 g/mol. The molecule has 0 radical (unpaired) electrons. The number of Topliss-reactive ketones (excluding diaryl/α,β-unsaturated/α-hetero) is 1. The first-order chi connectivity index (χ1) is 14.1. The van der Waals surface area contributed by atoms with Crippen LogP contribution in [-0.2, 0) is 4.79 Å². The number of imidazole rings is 1. The number of carboxylic acids is 1. The molecule has 0 spiro atoms. The Kier molecular flexibility index (Phi) is 3.87. The van der Waals surface area contributed by atoms with Gasteiger partial charge in [0.1, 0.15) is 11.6 Å². The standard InChI is InChI=1S/C21H19N5O3/c1-11-16-18(19-22-9-10-23-19)17-13(6-4-8-15(17)27)24-20(16)26(25-11)14-7-3-2-5-12(14)21(28)29/h2-3,5,7,9-10,18,24H,4,6,8H2,1H3,(H,22,23)(H,28,29)/t18-/m1/s1. The fourth-order valence-electron chi connectivity index (χ4n) is 4.34. The minimum atomic E-state index is -1.02. The van der Waals surface area contributed by atoms with E-state index in [0.29, 0.717) is 23.8 Å². The molecule has 1 aromatic carbocycles. The molecule has 2 aromatic heterocycles. The SMILES string of the molecule is Cc1nn(-c2ccccc2C(=O)O)c2c1[C@@H](c1ncc[nH]1)C1=C(CCCC1=O)N2. The number of carbonyl (C=O) groups is 2. The summed E-state index contributed by atoms with van der Waals surface area (Å²) in [7, 11) is 0. The van der Waals surface area contributed by atoms with E-state index in [9.17, 15) is 14.7 Å². The van der Waals surface area contributed by atoms with E-state index in [1.807, 2.05) is 6.92 Å². The second-order valence-electron chi connectivity index (χ2n) is 7.28. The van der Waals surface area contributed by atoms with Gasteiger partial charge in [-0.3, -0.25) is 4.79 Å². The Hall–Kier alpha value is -3.68. The van der Waals surface area contributed by atoms with Crippen molar-refractivity contribution in [3.8, 4) is 5.69 Å².